The Morgan fingerprint density at radius 2 is 2.25 bits per heavy atom. The van der Waals surface area contributed by atoms with Gasteiger partial charge in [-0.25, -0.2) is 4.79 Å². The van der Waals surface area contributed by atoms with Crippen molar-refractivity contribution < 1.29 is 19.4 Å². The number of hydrogen-bond acceptors (Lipinski definition) is 4. The number of carboxylic acid groups (broad SMARTS) is 1. The highest BCUT2D eigenvalue weighted by atomic mass is 35.5. The van der Waals surface area contributed by atoms with Gasteiger partial charge in [-0.2, -0.15) is 0 Å². The van der Waals surface area contributed by atoms with Crippen LogP contribution in [0.5, 0.6) is 0 Å². The largest absolute Gasteiger partial charge is 0.478 e. The molecule has 0 saturated carbocycles. The smallest absolute Gasteiger partial charge is 0.335 e. The van der Waals surface area contributed by atoms with Gasteiger partial charge in [-0.3, -0.25) is 4.79 Å². The van der Waals surface area contributed by atoms with Crippen molar-refractivity contribution in [3.8, 4) is 0 Å². The lowest BCUT2D eigenvalue weighted by molar-refractivity contribution is -0.124. The van der Waals surface area contributed by atoms with E-state index in [4.69, 9.17) is 21.4 Å². The van der Waals surface area contributed by atoms with E-state index in [2.05, 4.69) is 5.32 Å². The third-order valence-corrected chi connectivity index (χ3v) is 3.48. The first-order chi connectivity index (χ1) is 9.54. The fourth-order valence-corrected chi connectivity index (χ4v) is 2.44. The van der Waals surface area contributed by atoms with E-state index in [9.17, 15) is 9.59 Å². The van der Waals surface area contributed by atoms with E-state index in [1.165, 1.54) is 12.1 Å². The van der Waals surface area contributed by atoms with Gasteiger partial charge in [0.1, 0.15) is 6.04 Å². The number of nitrogens with zero attached hydrogens (tertiary/aromatic N) is 1. The van der Waals surface area contributed by atoms with Gasteiger partial charge < -0.3 is 20.1 Å². The van der Waals surface area contributed by atoms with Crippen LogP contribution in [0.4, 0.5) is 5.69 Å². The zero-order valence-electron chi connectivity index (χ0n) is 10.9. The van der Waals surface area contributed by atoms with Crippen molar-refractivity contribution >= 4 is 29.2 Å². The first-order valence-corrected chi connectivity index (χ1v) is 6.51. The van der Waals surface area contributed by atoms with Gasteiger partial charge in [0, 0.05) is 13.6 Å². The second-order valence-electron chi connectivity index (χ2n) is 4.37. The Hall–Kier alpha value is -1.79. The van der Waals surface area contributed by atoms with E-state index in [0.717, 1.165) is 0 Å². The molecular formula is C13H15ClN2O4. The van der Waals surface area contributed by atoms with Crippen molar-refractivity contribution in [3.05, 3.63) is 28.8 Å². The van der Waals surface area contributed by atoms with Crippen LogP contribution in [0.2, 0.25) is 5.02 Å². The lowest BCUT2D eigenvalue weighted by Crippen LogP contribution is -2.53. The first kappa shape index (κ1) is 14.6. The number of morpholine rings is 1. The summed E-state index contributed by atoms with van der Waals surface area (Å²) in [6.07, 6.45) is 0. The zero-order chi connectivity index (χ0) is 14.7. The molecule has 1 unspecified atom stereocenters. The number of hydrogen-bond donors (Lipinski definition) is 2. The molecule has 1 aliphatic rings. The fraction of sp³-hybridized carbons (Fsp3) is 0.385. The van der Waals surface area contributed by atoms with Crippen LogP contribution in [0, 0.1) is 0 Å². The summed E-state index contributed by atoms with van der Waals surface area (Å²) in [7, 11) is 1.56. The number of carbonyl (C=O) groups excluding carboxylic acids is 1. The number of amides is 1. The highest BCUT2D eigenvalue weighted by Gasteiger charge is 2.30. The van der Waals surface area contributed by atoms with Crippen molar-refractivity contribution in [2.45, 2.75) is 6.04 Å². The molecule has 0 aromatic heterocycles. The van der Waals surface area contributed by atoms with Crippen LogP contribution in [0.15, 0.2) is 18.2 Å². The number of benzene rings is 1. The molecule has 1 aliphatic heterocycles. The van der Waals surface area contributed by atoms with E-state index in [1.54, 1.807) is 13.1 Å². The minimum atomic E-state index is -1.04. The normalized spacial score (nSPS) is 18.7. The van der Waals surface area contributed by atoms with Crippen molar-refractivity contribution in [3.63, 3.8) is 0 Å². The van der Waals surface area contributed by atoms with Gasteiger partial charge in [-0.1, -0.05) is 11.6 Å². The maximum Gasteiger partial charge on any atom is 0.335 e. The van der Waals surface area contributed by atoms with Gasteiger partial charge in [0.05, 0.1) is 29.5 Å². The summed E-state index contributed by atoms with van der Waals surface area (Å²) < 4.78 is 5.32. The number of nitrogens with one attached hydrogen (secondary N) is 1. The third kappa shape index (κ3) is 2.86. The highest BCUT2D eigenvalue weighted by molar-refractivity contribution is 6.33. The molecule has 1 aromatic rings. The molecule has 1 amide bonds. The first-order valence-electron chi connectivity index (χ1n) is 6.13. The van der Waals surface area contributed by atoms with Crippen molar-refractivity contribution in [1.29, 1.82) is 0 Å². The number of aromatic carboxylic acids is 1. The number of likely N-dealkylation sites (N-methyl/N-ethyl adjacent to an activating group) is 1. The molecule has 6 nitrogen and oxygen atoms in total. The summed E-state index contributed by atoms with van der Waals surface area (Å²) in [6.45, 7) is 1.28. The van der Waals surface area contributed by atoms with E-state index >= 15 is 0 Å². The third-order valence-electron chi connectivity index (χ3n) is 3.18. The van der Waals surface area contributed by atoms with Crippen LogP contribution in [0.1, 0.15) is 10.4 Å². The molecule has 1 fully saturated rings. The summed E-state index contributed by atoms with van der Waals surface area (Å²) in [5, 5.41) is 11.8. The quantitative estimate of drug-likeness (QED) is 0.870. The van der Waals surface area contributed by atoms with Crippen LogP contribution < -0.4 is 10.2 Å². The molecule has 2 rings (SSSR count). The minimum absolute atomic E-state index is 0.114. The molecule has 0 radical (unpaired) electrons. The van der Waals surface area contributed by atoms with Gasteiger partial charge in [-0.15, -0.1) is 0 Å². The Balaban J connectivity index is 2.32. The van der Waals surface area contributed by atoms with Crippen LogP contribution in [-0.4, -0.2) is 49.8 Å². The lowest BCUT2D eigenvalue weighted by Gasteiger charge is -2.36. The highest BCUT2D eigenvalue weighted by Crippen LogP contribution is 2.29. The van der Waals surface area contributed by atoms with Crippen molar-refractivity contribution in [2.24, 2.45) is 0 Å². The SMILES string of the molecule is CNC(=O)C1COCCN1c1ccc(C(=O)O)cc1Cl. The Morgan fingerprint density at radius 1 is 1.50 bits per heavy atom. The molecule has 7 heteroatoms. The molecular weight excluding hydrogens is 284 g/mol. The average Bonchev–Trinajstić information content (AvgIpc) is 2.46. The monoisotopic (exact) mass is 298 g/mol. The van der Waals surface area contributed by atoms with Crippen molar-refractivity contribution in [2.75, 3.05) is 31.7 Å². The van der Waals surface area contributed by atoms with Gasteiger partial charge in [0.15, 0.2) is 0 Å². The number of rotatable bonds is 3. The van der Waals surface area contributed by atoms with Gasteiger partial charge in [-0.05, 0) is 18.2 Å². The summed E-state index contributed by atoms with van der Waals surface area (Å²) in [5.74, 6) is -1.20. The molecule has 2 N–H and O–H groups in total. The summed E-state index contributed by atoms with van der Waals surface area (Å²) >= 11 is 6.14. The molecule has 0 spiro atoms. The standard InChI is InChI=1S/C13H15ClN2O4/c1-15-12(17)11-7-20-5-4-16(11)10-3-2-8(13(18)19)6-9(10)14/h2-3,6,11H,4-5,7H2,1H3,(H,15,17)(H,18,19). The number of halogens is 1. The van der Waals surface area contributed by atoms with Crippen LogP contribution in [-0.2, 0) is 9.53 Å². The van der Waals surface area contributed by atoms with E-state index in [-0.39, 0.29) is 18.1 Å². The van der Waals surface area contributed by atoms with Crippen LogP contribution >= 0.6 is 11.6 Å². The number of carboxylic acids is 1. The second kappa shape index (κ2) is 6.11. The Morgan fingerprint density at radius 3 is 2.85 bits per heavy atom. The molecule has 20 heavy (non-hydrogen) atoms. The van der Waals surface area contributed by atoms with E-state index in [0.29, 0.717) is 23.9 Å². The van der Waals surface area contributed by atoms with Gasteiger partial charge in [0.2, 0.25) is 5.91 Å². The number of anilines is 1. The molecule has 0 aliphatic carbocycles. The van der Waals surface area contributed by atoms with Crippen LogP contribution in [0.25, 0.3) is 0 Å². The molecule has 1 aromatic carbocycles. The molecule has 1 heterocycles. The fourth-order valence-electron chi connectivity index (χ4n) is 2.15. The Kier molecular flexibility index (Phi) is 4.46. The lowest BCUT2D eigenvalue weighted by atomic mass is 10.1. The predicted molar refractivity (Wildman–Crippen MR) is 74.4 cm³/mol. The Labute approximate surface area is 121 Å². The topological polar surface area (TPSA) is 78.9 Å². The maximum atomic E-state index is 11.9. The Bertz CT molecular complexity index is 535. The second-order valence-corrected chi connectivity index (χ2v) is 4.78. The molecule has 1 atom stereocenters. The van der Waals surface area contributed by atoms with E-state index in [1.807, 2.05) is 4.90 Å². The number of carbonyl (C=O) groups is 2. The molecule has 1 saturated heterocycles. The van der Waals surface area contributed by atoms with Crippen LogP contribution in [0.3, 0.4) is 0 Å². The maximum absolute atomic E-state index is 11.9. The summed E-state index contributed by atoms with van der Waals surface area (Å²) in [4.78, 5) is 24.6. The molecule has 0 bridgehead atoms. The summed E-state index contributed by atoms with van der Waals surface area (Å²) in [5.41, 5.74) is 0.747. The molecule has 108 valence electrons. The van der Waals surface area contributed by atoms with E-state index < -0.39 is 12.0 Å². The summed E-state index contributed by atoms with van der Waals surface area (Å²) in [6, 6.07) is 4.00. The number of ether oxygens (including phenoxy) is 1. The average molecular weight is 299 g/mol. The minimum Gasteiger partial charge on any atom is -0.478 e. The van der Waals surface area contributed by atoms with Crippen molar-refractivity contribution in [1.82, 2.24) is 5.32 Å². The predicted octanol–water partition coefficient (Wildman–Crippen LogP) is 0.989. The van der Waals surface area contributed by atoms with Gasteiger partial charge >= 0.3 is 5.97 Å². The zero-order valence-corrected chi connectivity index (χ0v) is 11.7. The van der Waals surface area contributed by atoms with Gasteiger partial charge in [0.25, 0.3) is 0 Å².